The molecule has 0 aromatic carbocycles. The smallest absolute Gasteiger partial charge is 0.469 e. The largest absolute Gasteiger partial charge is 0.480 e. The molecule has 0 unspecified atom stereocenters. The molecule has 37 heteroatoms. The summed E-state index contributed by atoms with van der Waals surface area (Å²) in [6, 6.07) is -16.5. The molecule has 36 nitrogen and oxygen atoms in total. The van der Waals surface area contributed by atoms with Crippen LogP contribution in [0.1, 0.15) is 97.8 Å². The van der Waals surface area contributed by atoms with Gasteiger partial charge in [0.05, 0.1) is 32.3 Å². The first kappa shape index (κ1) is 76.3. The maximum atomic E-state index is 14.2. The van der Waals surface area contributed by atoms with Crippen LogP contribution >= 0.6 is 7.82 Å². The van der Waals surface area contributed by atoms with Gasteiger partial charge in [-0.1, -0.05) is 13.8 Å². The van der Waals surface area contributed by atoms with Crippen LogP contribution in [0.3, 0.4) is 0 Å². The Balaban J connectivity index is 6.88. The van der Waals surface area contributed by atoms with Gasteiger partial charge < -0.3 is 118 Å². The molecule has 0 saturated heterocycles. The number of phosphoric ester groups is 1. The number of rotatable bonds is 44. The molecule has 10 amide bonds. The Bertz CT molecular complexity index is 2210. The number of guanidine groups is 1. The van der Waals surface area contributed by atoms with Gasteiger partial charge in [-0.05, 0) is 103 Å². The van der Waals surface area contributed by atoms with Crippen molar-refractivity contribution in [1.82, 2.24) is 47.9 Å². The van der Waals surface area contributed by atoms with Crippen LogP contribution in [0.4, 0.5) is 0 Å². The van der Waals surface area contributed by atoms with E-state index in [-0.39, 0.29) is 83.5 Å². The fraction of sp³-hybridized carbons (Fsp3) is 0.739. The topological polar surface area (TPSA) is 638 Å². The molecule has 476 valence electrons. The Kier molecular flexibility index (Phi) is 37.2. The van der Waals surface area contributed by atoms with Crippen LogP contribution < -0.4 is 88.0 Å². The zero-order chi connectivity index (χ0) is 63.6. The van der Waals surface area contributed by atoms with E-state index in [1.54, 1.807) is 13.8 Å². The third-order valence-electron chi connectivity index (χ3n) is 12.1. The molecular formula is C46H88N17O19P. The number of aliphatic imine (C=N–C) groups is 1. The van der Waals surface area contributed by atoms with Crippen LogP contribution in [-0.4, -0.2) is 214 Å². The average molecular weight is 1210 g/mol. The number of amides is 10. The van der Waals surface area contributed by atoms with Crippen molar-refractivity contribution < 1.29 is 92.0 Å². The van der Waals surface area contributed by atoms with E-state index in [1.807, 2.05) is 5.32 Å². The first-order valence-corrected chi connectivity index (χ1v) is 28.2. The van der Waals surface area contributed by atoms with Crippen LogP contribution in [0.15, 0.2) is 4.99 Å². The number of primary amides is 1. The molecule has 0 aromatic heterocycles. The number of hydrogen-bond acceptors (Lipinski definition) is 21. The van der Waals surface area contributed by atoms with Crippen molar-refractivity contribution in [3.63, 3.8) is 0 Å². The molecule has 0 aliphatic rings. The SMILES string of the molecule is CC(C)[C@H](NC(=O)[C@H](CO)NC(=O)[C@@H](N)[C@@H](C)O)C(=O)N[C@@H](CCCCN)C(=O)N[C@@H](CCCCN)C(=O)N[C@@H](CCCCN)C(=O)N[C@@H](CO)C(=O)N[C@@H](COP(=O)(O)O)C(=O)N[C@@H](CCCN=C(N)N)C(=O)N[C@@H](CC(N)=O)C(=O)O. The number of hydrogen-bond donors (Lipinski definition) is 22. The molecule has 0 rings (SSSR count). The van der Waals surface area contributed by atoms with Gasteiger partial charge in [0.25, 0.3) is 0 Å². The second kappa shape index (κ2) is 40.5. The summed E-state index contributed by atoms with van der Waals surface area (Å²) >= 11 is 0. The monoisotopic (exact) mass is 1210 g/mol. The van der Waals surface area contributed by atoms with Crippen molar-refractivity contribution >= 4 is 78.8 Å². The van der Waals surface area contributed by atoms with E-state index in [0.29, 0.717) is 19.3 Å². The summed E-state index contributed by atoms with van der Waals surface area (Å²) in [5.41, 5.74) is 38.5. The Labute approximate surface area is 479 Å². The summed E-state index contributed by atoms with van der Waals surface area (Å²) in [5.74, 6) is -13.7. The number of aliphatic hydroxyl groups is 3. The van der Waals surface area contributed by atoms with E-state index < -0.39 is 172 Å². The van der Waals surface area contributed by atoms with Crippen LogP contribution in [0.25, 0.3) is 0 Å². The van der Waals surface area contributed by atoms with E-state index in [4.69, 9.17) is 40.1 Å². The van der Waals surface area contributed by atoms with E-state index in [9.17, 15) is 87.5 Å². The minimum absolute atomic E-state index is 0.0395. The number of aliphatic carboxylic acids is 1. The zero-order valence-corrected chi connectivity index (χ0v) is 47.7. The molecule has 0 aliphatic carbocycles. The standard InChI is InChI=1S/C46H88N17O19P/c1-23(2)35(63-41(73)31(21-65)61-43(75)34(51)24(3)66)44(76)58-27(13-6-9-17-49)37(69)55-25(11-4-7-15-47)36(68)56-26(12-5-8-16-48)39(71)60-30(20-64)40(72)62-32(22-82-83(79,80)81)42(74)57-28(14-10-18-54-46(52)53)38(70)59-29(45(77)78)19-33(50)67/h23-32,34-35,64-66H,4-22,47-49,51H2,1-3H3,(H2,50,67)(H,55,69)(H,56,68)(H,57,74)(H,58,76)(H,59,70)(H,60,71)(H,61,75)(H,62,72)(H,63,73)(H,77,78)(H4,52,53,54)(H2,79,80,81)/t24-,25+,26+,27+,28+,29+,30+,31+,32+,34+,35+/m1/s1. The predicted octanol–water partition coefficient (Wildman–Crippen LogP) is -9.79. The highest BCUT2D eigenvalue weighted by atomic mass is 31.2. The number of carboxylic acid groups (broad SMARTS) is 1. The van der Waals surface area contributed by atoms with E-state index in [1.165, 1.54) is 6.92 Å². The maximum Gasteiger partial charge on any atom is 0.469 e. The second-order valence-electron chi connectivity index (χ2n) is 19.4. The van der Waals surface area contributed by atoms with Gasteiger partial charge in [-0.2, -0.15) is 0 Å². The summed E-state index contributed by atoms with van der Waals surface area (Å²) < 4.78 is 16.2. The highest BCUT2D eigenvalue weighted by Gasteiger charge is 2.37. The molecule has 0 aromatic rings. The Morgan fingerprint density at radius 2 is 0.831 bits per heavy atom. The molecule has 0 radical (unpaired) electrons. The fourth-order valence-corrected chi connectivity index (χ4v) is 7.72. The minimum Gasteiger partial charge on any atom is -0.480 e. The van der Waals surface area contributed by atoms with Gasteiger partial charge in [0, 0.05) is 6.54 Å². The van der Waals surface area contributed by atoms with Crippen LogP contribution in [0.5, 0.6) is 0 Å². The molecule has 0 spiro atoms. The van der Waals surface area contributed by atoms with Crippen molar-refractivity contribution in [2.45, 2.75) is 164 Å². The lowest BCUT2D eigenvalue weighted by Gasteiger charge is -2.29. The Morgan fingerprint density at radius 1 is 0.494 bits per heavy atom. The molecule has 0 aliphatic heterocycles. The number of nitrogens with two attached hydrogens (primary N) is 7. The molecular weight excluding hydrogens is 1130 g/mol. The fourth-order valence-electron chi connectivity index (χ4n) is 7.37. The number of carbonyl (C=O) groups excluding carboxylic acids is 10. The number of carbonyl (C=O) groups is 11. The highest BCUT2D eigenvalue weighted by molar-refractivity contribution is 7.46. The van der Waals surface area contributed by atoms with Crippen molar-refractivity contribution in [2.75, 3.05) is 46.0 Å². The first-order valence-electron chi connectivity index (χ1n) is 26.6. The molecule has 11 atom stereocenters. The third kappa shape index (κ3) is 31.5. The third-order valence-corrected chi connectivity index (χ3v) is 12.6. The van der Waals surface area contributed by atoms with Crippen LogP contribution in [0, 0.1) is 5.92 Å². The normalized spacial score (nSPS) is 15.3. The lowest BCUT2D eigenvalue weighted by atomic mass is 10.0. The van der Waals surface area contributed by atoms with E-state index >= 15 is 0 Å². The lowest BCUT2D eigenvalue weighted by molar-refractivity contribution is -0.144. The van der Waals surface area contributed by atoms with Gasteiger partial charge in [0.2, 0.25) is 59.1 Å². The quantitative estimate of drug-likeness (QED) is 0.0117. The van der Waals surface area contributed by atoms with Crippen molar-refractivity contribution in [1.29, 1.82) is 0 Å². The summed E-state index contributed by atoms with van der Waals surface area (Å²) in [7, 11) is -5.42. The first-order chi connectivity index (χ1) is 38.9. The van der Waals surface area contributed by atoms with Gasteiger partial charge in [0.1, 0.15) is 60.4 Å². The molecule has 0 saturated carbocycles. The molecule has 0 bridgehead atoms. The van der Waals surface area contributed by atoms with Crippen molar-refractivity contribution in [3.05, 3.63) is 0 Å². The van der Waals surface area contributed by atoms with Gasteiger partial charge >= 0.3 is 13.8 Å². The zero-order valence-electron chi connectivity index (χ0n) is 46.8. The van der Waals surface area contributed by atoms with Gasteiger partial charge in [-0.15, -0.1) is 0 Å². The predicted molar refractivity (Wildman–Crippen MR) is 294 cm³/mol. The lowest BCUT2D eigenvalue weighted by Crippen LogP contribution is -2.62. The van der Waals surface area contributed by atoms with E-state index in [0.717, 1.165) is 0 Å². The Hall–Kier alpha value is -6.73. The Morgan fingerprint density at radius 3 is 1.18 bits per heavy atom. The summed E-state index contributed by atoms with van der Waals surface area (Å²) in [4.78, 5) is 169. The van der Waals surface area contributed by atoms with Crippen LogP contribution in [0.2, 0.25) is 0 Å². The molecule has 0 heterocycles. The number of nitrogens with one attached hydrogen (secondary N) is 9. The highest BCUT2D eigenvalue weighted by Crippen LogP contribution is 2.35. The number of unbranched alkanes of at least 4 members (excludes halogenated alkanes) is 3. The van der Waals surface area contributed by atoms with Gasteiger partial charge in [-0.3, -0.25) is 57.5 Å². The average Bonchev–Trinajstić information content (AvgIpc) is 3.40. The van der Waals surface area contributed by atoms with E-state index in [2.05, 4.69) is 52.1 Å². The van der Waals surface area contributed by atoms with Gasteiger partial charge in [-0.25, -0.2) is 9.36 Å². The minimum atomic E-state index is -5.42. The number of nitrogens with zero attached hydrogens (tertiary/aromatic N) is 1. The number of carboxylic acids is 1. The molecule has 29 N–H and O–H groups in total. The maximum absolute atomic E-state index is 14.2. The number of aliphatic hydroxyl groups excluding tert-OH is 3. The summed E-state index contributed by atoms with van der Waals surface area (Å²) in [6.07, 6.45) is -1.16. The van der Waals surface area contributed by atoms with Crippen molar-refractivity contribution in [2.24, 2.45) is 51.0 Å². The van der Waals surface area contributed by atoms with Crippen LogP contribution in [-0.2, 0) is 61.8 Å². The van der Waals surface area contributed by atoms with Crippen molar-refractivity contribution in [3.8, 4) is 0 Å². The molecule has 83 heavy (non-hydrogen) atoms. The summed E-state index contributed by atoms with van der Waals surface area (Å²) in [5, 5.41) is 60.3. The molecule has 0 fully saturated rings. The number of phosphoric acid groups is 1. The summed E-state index contributed by atoms with van der Waals surface area (Å²) in [6.45, 7) is 1.24. The second-order valence-corrected chi connectivity index (χ2v) is 20.7. The van der Waals surface area contributed by atoms with Gasteiger partial charge in [0.15, 0.2) is 5.96 Å².